The molecule has 0 unspecified atom stereocenters. The second kappa shape index (κ2) is 6.90. The van der Waals surface area contributed by atoms with Crippen LogP contribution in [0.5, 0.6) is 0 Å². The van der Waals surface area contributed by atoms with E-state index in [4.69, 9.17) is 4.98 Å². The van der Waals surface area contributed by atoms with Gasteiger partial charge in [-0.1, -0.05) is 40.5 Å². The Hall–Kier alpha value is -1.09. The Labute approximate surface area is 117 Å². The Balaban J connectivity index is 2.93. The number of anilines is 1. The minimum Gasteiger partial charge on any atom is -0.392 e. The standard InChI is InChI=1S/C16H28N2O/c1-6-7-8-9-18(5)15-11-13(12-19)10-14(17-15)16(2,3)4/h10-11,19H,6-9,12H2,1-5H3. The van der Waals surface area contributed by atoms with E-state index in [1.807, 2.05) is 12.1 Å². The van der Waals surface area contributed by atoms with Crippen molar-refractivity contribution in [2.45, 2.75) is 59.0 Å². The van der Waals surface area contributed by atoms with Crippen LogP contribution in [-0.4, -0.2) is 23.7 Å². The van der Waals surface area contributed by atoms with Gasteiger partial charge in [0.1, 0.15) is 5.82 Å². The molecule has 0 aromatic carbocycles. The molecule has 1 rings (SSSR count). The fourth-order valence-corrected chi connectivity index (χ4v) is 1.96. The largest absolute Gasteiger partial charge is 0.392 e. The normalized spacial score (nSPS) is 11.7. The van der Waals surface area contributed by atoms with Crippen LogP contribution >= 0.6 is 0 Å². The molecule has 0 aliphatic carbocycles. The molecule has 3 heteroatoms. The quantitative estimate of drug-likeness (QED) is 0.799. The van der Waals surface area contributed by atoms with E-state index in [2.05, 4.69) is 39.6 Å². The summed E-state index contributed by atoms with van der Waals surface area (Å²) in [6.07, 6.45) is 3.66. The number of hydrogen-bond donors (Lipinski definition) is 1. The van der Waals surface area contributed by atoms with Gasteiger partial charge in [0.15, 0.2) is 0 Å². The van der Waals surface area contributed by atoms with Gasteiger partial charge in [0.25, 0.3) is 0 Å². The SMILES string of the molecule is CCCCCN(C)c1cc(CO)cc(C(C)(C)C)n1. The molecule has 3 nitrogen and oxygen atoms in total. The molecule has 0 bridgehead atoms. The van der Waals surface area contributed by atoms with Crippen molar-refractivity contribution >= 4 is 5.82 Å². The van der Waals surface area contributed by atoms with Gasteiger partial charge in [-0.25, -0.2) is 4.98 Å². The molecule has 0 amide bonds. The van der Waals surface area contributed by atoms with Gasteiger partial charge in [-0.2, -0.15) is 0 Å². The maximum Gasteiger partial charge on any atom is 0.128 e. The molecule has 0 radical (unpaired) electrons. The van der Waals surface area contributed by atoms with Gasteiger partial charge in [0, 0.05) is 24.7 Å². The molecular weight excluding hydrogens is 236 g/mol. The van der Waals surface area contributed by atoms with Crippen molar-refractivity contribution in [1.29, 1.82) is 0 Å². The van der Waals surface area contributed by atoms with E-state index in [1.54, 1.807) is 0 Å². The third-order valence-corrected chi connectivity index (χ3v) is 3.31. The topological polar surface area (TPSA) is 36.4 Å². The summed E-state index contributed by atoms with van der Waals surface area (Å²) in [6, 6.07) is 3.99. The molecule has 19 heavy (non-hydrogen) atoms. The Kier molecular flexibility index (Phi) is 5.80. The predicted octanol–water partition coefficient (Wildman–Crippen LogP) is 3.50. The molecule has 0 aliphatic rings. The zero-order chi connectivity index (χ0) is 14.5. The lowest BCUT2D eigenvalue weighted by Crippen LogP contribution is -2.22. The molecule has 0 atom stereocenters. The summed E-state index contributed by atoms with van der Waals surface area (Å²) >= 11 is 0. The summed E-state index contributed by atoms with van der Waals surface area (Å²) in [5, 5.41) is 9.40. The van der Waals surface area contributed by atoms with Gasteiger partial charge < -0.3 is 10.0 Å². The highest BCUT2D eigenvalue weighted by Crippen LogP contribution is 2.24. The molecule has 1 heterocycles. The van der Waals surface area contributed by atoms with Crippen molar-refractivity contribution in [2.24, 2.45) is 0 Å². The van der Waals surface area contributed by atoms with Gasteiger partial charge in [-0.05, 0) is 24.1 Å². The summed E-state index contributed by atoms with van der Waals surface area (Å²) in [7, 11) is 2.07. The number of aliphatic hydroxyl groups is 1. The Bertz CT molecular complexity index is 396. The zero-order valence-corrected chi connectivity index (χ0v) is 13.0. The highest BCUT2D eigenvalue weighted by atomic mass is 16.3. The molecule has 0 spiro atoms. The van der Waals surface area contributed by atoms with E-state index in [0.29, 0.717) is 0 Å². The van der Waals surface area contributed by atoms with Gasteiger partial charge in [-0.3, -0.25) is 0 Å². The molecule has 1 aromatic heterocycles. The number of rotatable bonds is 6. The van der Waals surface area contributed by atoms with Crippen molar-refractivity contribution < 1.29 is 5.11 Å². The number of unbranched alkanes of at least 4 members (excludes halogenated alkanes) is 2. The number of nitrogens with zero attached hydrogens (tertiary/aromatic N) is 2. The van der Waals surface area contributed by atoms with Gasteiger partial charge in [-0.15, -0.1) is 0 Å². The minimum atomic E-state index is 0.00416. The first-order valence-electron chi connectivity index (χ1n) is 7.22. The highest BCUT2D eigenvalue weighted by Gasteiger charge is 2.18. The first-order chi connectivity index (χ1) is 8.88. The van der Waals surface area contributed by atoms with Crippen LogP contribution in [0.1, 0.15) is 58.2 Å². The average molecular weight is 264 g/mol. The van der Waals surface area contributed by atoms with Gasteiger partial charge in [0.2, 0.25) is 0 Å². The highest BCUT2D eigenvalue weighted by molar-refractivity contribution is 5.43. The maximum atomic E-state index is 9.40. The summed E-state index contributed by atoms with van der Waals surface area (Å²) in [5.41, 5.74) is 1.98. The van der Waals surface area contributed by atoms with Crippen LogP contribution in [-0.2, 0) is 12.0 Å². The summed E-state index contributed by atoms with van der Waals surface area (Å²) < 4.78 is 0. The Morgan fingerprint density at radius 2 is 1.89 bits per heavy atom. The second-order valence-electron chi connectivity index (χ2n) is 6.26. The van der Waals surface area contributed by atoms with Crippen LogP contribution < -0.4 is 4.90 Å². The monoisotopic (exact) mass is 264 g/mol. The molecular formula is C16H28N2O. The molecule has 0 saturated heterocycles. The van der Waals surface area contributed by atoms with Crippen molar-refractivity contribution in [3.05, 3.63) is 23.4 Å². The van der Waals surface area contributed by atoms with Crippen molar-refractivity contribution in [3.8, 4) is 0 Å². The third-order valence-electron chi connectivity index (χ3n) is 3.31. The number of aliphatic hydroxyl groups excluding tert-OH is 1. The first-order valence-corrected chi connectivity index (χ1v) is 7.22. The second-order valence-corrected chi connectivity index (χ2v) is 6.26. The molecule has 0 aliphatic heterocycles. The Morgan fingerprint density at radius 1 is 1.21 bits per heavy atom. The van der Waals surface area contributed by atoms with E-state index in [-0.39, 0.29) is 12.0 Å². The van der Waals surface area contributed by atoms with Crippen molar-refractivity contribution in [3.63, 3.8) is 0 Å². The molecule has 0 fully saturated rings. The summed E-state index contributed by atoms with van der Waals surface area (Å²) in [6.45, 7) is 9.75. The number of hydrogen-bond acceptors (Lipinski definition) is 3. The predicted molar refractivity (Wildman–Crippen MR) is 81.7 cm³/mol. The smallest absolute Gasteiger partial charge is 0.128 e. The lowest BCUT2D eigenvalue weighted by Gasteiger charge is -2.24. The van der Waals surface area contributed by atoms with Gasteiger partial charge >= 0.3 is 0 Å². The fraction of sp³-hybridized carbons (Fsp3) is 0.688. The number of aromatic nitrogens is 1. The molecule has 1 N–H and O–H groups in total. The molecule has 108 valence electrons. The van der Waals surface area contributed by atoms with Crippen LogP contribution in [0.15, 0.2) is 12.1 Å². The van der Waals surface area contributed by atoms with Gasteiger partial charge in [0.05, 0.1) is 6.61 Å². The van der Waals surface area contributed by atoms with E-state index in [1.165, 1.54) is 19.3 Å². The van der Waals surface area contributed by atoms with Crippen LogP contribution in [0.3, 0.4) is 0 Å². The minimum absolute atomic E-state index is 0.00416. The zero-order valence-electron chi connectivity index (χ0n) is 13.0. The molecule has 0 saturated carbocycles. The summed E-state index contributed by atoms with van der Waals surface area (Å²) in [5.74, 6) is 0.965. The van der Waals surface area contributed by atoms with Crippen LogP contribution in [0.25, 0.3) is 0 Å². The average Bonchev–Trinajstić information content (AvgIpc) is 2.37. The van der Waals surface area contributed by atoms with Crippen LogP contribution in [0, 0.1) is 0 Å². The Morgan fingerprint density at radius 3 is 2.42 bits per heavy atom. The van der Waals surface area contributed by atoms with E-state index in [9.17, 15) is 5.11 Å². The van der Waals surface area contributed by atoms with Crippen molar-refractivity contribution in [2.75, 3.05) is 18.5 Å². The van der Waals surface area contributed by atoms with Crippen molar-refractivity contribution in [1.82, 2.24) is 4.98 Å². The lowest BCUT2D eigenvalue weighted by molar-refractivity contribution is 0.281. The lowest BCUT2D eigenvalue weighted by atomic mass is 9.91. The third kappa shape index (κ3) is 4.83. The van der Waals surface area contributed by atoms with E-state index in [0.717, 1.165) is 23.6 Å². The maximum absolute atomic E-state index is 9.40. The number of pyridine rings is 1. The van der Waals surface area contributed by atoms with Crippen LogP contribution in [0.4, 0.5) is 5.82 Å². The fourth-order valence-electron chi connectivity index (χ4n) is 1.96. The van der Waals surface area contributed by atoms with E-state index < -0.39 is 0 Å². The molecule has 1 aromatic rings. The summed E-state index contributed by atoms with van der Waals surface area (Å²) in [4.78, 5) is 6.93. The van der Waals surface area contributed by atoms with E-state index >= 15 is 0 Å². The first kappa shape index (κ1) is 16.0. The van der Waals surface area contributed by atoms with Crippen LogP contribution in [0.2, 0.25) is 0 Å².